The number of hydrogen-bond acceptors (Lipinski definition) is 5. The first-order chi connectivity index (χ1) is 14.7. The van der Waals surface area contributed by atoms with E-state index in [9.17, 15) is 10.2 Å². The molecule has 6 heteroatoms. The largest absolute Gasteiger partial charge is 0.647 e. The second kappa shape index (κ2) is 10.8. The van der Waals surface area contributed by atoms with Crippen molar-refractivity contribution in [2.24, 2.45) is 0 Å². The Kier molecular flexibility index (Phi) is 7.62. The highest BCUT2D eigenvalue weighted by Gasteiger charge is 1.97. The first kappa shape index (κ1) is 21.1. The van der Waals surface area contributed by atoms with Crippen molar-refractivity contribution in [3.63, 3.8) is 0 Å². The highest BCUT2D eigenvalue weighted by molar-refractivity contribution is 5.99. The molecule has 0 aliphatic rings. The molecule has 2 aromatic heterocycles. The van der Waals surface area contributed by atoms with Crippen LogP contribution >= 0.6 is 0 Å². The quantitative estimate of drug-likeness (QED) is 0.397. The first-order valence-electron chi connectivity index (χ1n) is 9.33. The van der Waals surface area contributed by atoms with Gasteiger partial charge in [-0.3, -0.25) is 9.97 Å². The van der Waals surface area contributed by atoms with Gasteiger partial charge in [0.2, 0.25) is 0 Å². The molecule has 0 bridgehead atoms. The molecule has 0 saturated carbocycles. The van der Waals surface area contributed by atoms with Crippen molar-refractivity contribution in [1.82, 2.24) is 9.97 Å². The van der Waals surface area contributed by atoms with E-state index in [4.69, 9.17) is 3.79 Å². The molecule has 0 amide bonds. The minimum atomic E-state index is 0.239. The second-order valence-corrected chi connectivity index (χ2v) is 6.63. The van der Waals surface area contributed by atoms with E-state index in [0.717, 1.165) is 33.1 Å². The number of aromatic nitrogens is 2. The monoisotopic (exact) mass is 412 g/mol. The molecule has 0 fully saturated rings. The minimum absolute atomic E-state index is 0.239. The summed E-state index contributed by atoms with van der Waals surface area (Å²) < 4.78 is 5.05. The summed E-state index contributed by atoms with van der Waals surface area (Å²) in [7, 11) is 0. The molecule has 0 aliphatic heterocycles. The van der Waals surface area contributed by atoms with Crippen molar-refractivity contribution in [3.05, 3.63) is 103 Å². The Balaban J connectivity index is 0.000000130. The van der Waals surface area contributed by atoms with Crippen molar-refractivity contribution >= 4 is 38.4 Å². The average Bonchev–Trinajstić information content (AvgIpc) is 2.81. The number of rotatable bonds is 1. The molecule has 5 aromatic rings. The summed E-state index contributed by atoms with van der Waals surface area (Å²) in [6, 6.07) is 28.1. The predicted molar refractivity (Wildman–Crippen MR) is 122 cm³/mol. The fraction of sp³-hybridized carbons (Fsp3) is 0. The lowest BCUT2D eigenvalue weighted by Crippen LogP contribution is -1.81. The van der Waals surface area contributed by atoms with E-state index in [2.05, 4.69) is 9.97 Å². The van der Waals surface area contributed by atoms with Crippen molar-refractivity contribution in [3.8, 4) is 17.2 Å². The summed E-state index contributed by atoms with van der Waals surface area (Å²) in [6.07, 6.45) is 3.34. The van der Waals surface area contributed by atoms with Gasteiger partial charge >= 0.3 is 16.6 Å². The Hall–Kier alpha value is -3.59. The van der Waals surface area contributed by atoms with Crippen molar-refractivity contribution < 1.29 is 14.0 Å². The maximum Gasteiger partial charge on any atom is 0.496 e. The summed E-state index contributed by atoms with van der Waals surface area (Å²) in [5.41, 5.74) is 1.32. The Morgan fingerprint density at radius 1 is 0.567 bits per heavy atom. The number of phenolic OH excluding ortho intramolecular Hbond substituents is 2. The molecule has 0 unspecified atom stereocenters. The van der Waals surface area contributed by atoms with E-state index in [0.29, 0.717) is 11.0 Å². The van der Waals surface area contributed by atoms with Crippen molar-refractivity contribution in [2.75, 3.05) is 0 Å². The van der Waals surface area contributed by atoms with Crippen LogP contribution in [0.15, 0.2) is 103 Å². The van der Waals surface area contributed by atoms with Crippen LogP contribution in [-0.4, -0.2) is 36.8 Å². The Bertz CT molecular complexity index is 1130. The molecule has 2 N–H and O–H groups in total. The standard InChI is InChI=1S/2C9H7NO.C6H6O.Al.2H/c2*11-8-5-1-3-7-4-2-6-10-9(7)8;7-6-4-2-1-3-5-6;;;/h2*1-6,11H;1-5,7H;;;/q;;;+1;;/p-1. The number of fused-ring (bicyclic) bond motifs is 2. The van der Waals surface area contributed by atoms with Crippen LogP contribution in [0.3, 0.4) is 0 Å². The summed E-state index contributed by atoms with van der Waals surface area (Å²) in [6.45, 7) is 0. The number of nitrogens with zero attached hydrogens (tertiary/aromatic N) is 2. The zero-order valence-electron chi connectivity index (χ0n) is 16.5. The molecule has 3 aromatic carbocycles. The third kappa shape index (κ3) is 5.71. The Morgan fingerprint density at radius 3 is 1.43 bits per heavy atom. The molecule has 0 spiro atoms. The van der Waals surface area contributed by atoms with Crippen LogP contribution in [0, 0.1) is 0 Å². The van der Waals surface area contributed by atoms with Gasteiger partial charge in [0.25, 0.3) is 0 Å². The topological polar surface area (TPSA) is 75.5 Å². The van der Waals surface area contributed by atoms with E-state index in [-0.39, 0.29) is 11.5 Å². The molecule has 5 rings (SSSR count). The molecule has 0 saturated heterocycles. The lowest BCUT2D eigenvalue weighted by Gasteiger charge is -1.97. The van der Waals surface area contributed by atoms with E-state index >= 15 is 0 Å². The third-order valence-electron chi connectivity index (χ3n) is 4.20. The Morgan fingerprint density at radius 2 is 1.03 bits per heavy atom. The van der Waals surface area contributed by atoms with Gasteiger partial charge in [-0.05, 0) is 36.4 Å². The van der Waals surface area contributed by atoms with Gasteiger partial charge in [-0.1, -0.05) is 54.6 Å². The number of hydrogen-bond donors (Lipinski definition) is 2. The summed E-state index contributed by atoms with van der Waals surface area (Å²) in [4.78, 5) is 8.06. The fourth-order valence-electron chi connectivity index (χ4n) is 2.73. The maximum absolute atomic E-state index is 9.31. The van der Waals surface area contributed by atoms with E-state index in [1.54, 1.807) is 36.7 Å². The molecule has 0 radical (unpaired) electrons. The van der Waals surface area contributed by atoms with Crippen LogP contribution in [0.5, 0.6) is 17.2 Å². The van der Waals surface area contributed by atoms with Gasteiger partial charge < -0.3 is 14.0 Å². The second-order valence-electron chi connectivity index (χ2n) is 6.22. The smallest absolute Gasteiger partial charge is 0.496 e. The lowest BCUT2D eigenvalue weighted by molar-refractivity contribution is 0.480. The predicted octanol–water partition coefficient (Wildman–Crippen LogP) is 4.49. The van der Waals surface area contributed by atoms with Crippen LogP contribution in [-0.2, 0) is 0 Å². The SMILES string of the molecule is Oc1cccc2cccnc12.Oc1cccc2cccnc12.[AlH2][O]c1ccccc1. The first-order valence-corrected chi connectivity index (χ1v) is 10.1. The van der Waals surface area contributed by atoms with Crippen LogP contribution in [0.4, 0.5) is 0 Å². The molecule has 2 heterocycles. The summed E-state index contributed by atoms with van der Waals surface area (Å²) in [5, 5.41) is 20.5. The third-order valence-corrected chi connectivity index (χ3v) is 4.67. The van der Waals surface area contributed by atoms with Gasteiger partial charge in [0.15, 0.2) is 0 Å². The van der Waals surface area contributed by atoms with E-state index in [1.165, 1.54) is 0 Å². The fourth-order valence-corrected chi connectivity index (χ4v) is 3.00. The van der Waals surface area contributed by atoms with Gasteiger partial charge in [0, 0.05) is 23.2 Å². The number of phenols is 2. The van der Waals surface area contributed by atoms with Gasteiger partial charge in [-0.2, -0.15) is 0 Å². The Labute approximate surface area is 183 Å². The number of aromatic hydroxyl groups is 2. The van der Waals surface area contributed by atoms with Crippen LogP contribution in [0.2, 0.25) is 0 Å². The van der Waals surface area contributed by atoms with Gasteiger partial charge in [0.1, 0.15) is 22.5 Å². The maximum atomic E-state index is 9.31. The van der Waals surface area contributed by atoms with E-state index in [1.807, 2.05) is 66.7 Å². The zero-order chi connectivity index (χ0) is 21.2. The van der Waals surface area contributed by atoms with Crippen molar-refractivity contribution in [2.45, 2.75) is 0 Å². The number of pyridine rings is 2. The highest BCUT2D eigenvalue weighted by atomic mass is 27.1. The normalized spacial score (nSPS) is 9.73. The van der Waals surface area contributed by atoms with Crippen LogP contribution in [0.25, 0.3) is 21.8 Å². The average molecular weight is 412 g/mol. The summed E-state index contributed by atoms with van der Waals surface area (Å²) >= 11 is 0.777. The summed E-state index contributed by atoms with van der Waals surface area (Å²) in [5.74, 6) is 1.45. The van der Waals surface area contributed by atoms with E-state index < -0.39 is 0 Å². The highest BCUT2D eigenvalue weighted by Crippen LogP contribution is 2.21. The molecule has 148 valence electrons. The molecule has 0 atom stereocenters. The van der Waals surface area contributed by atoms with Crippen LogP contribution in [0.1, 0.15) is 0 Å². The molecule has 30 heavy (non-hydrogen) atoms. The van der Waals surface area contributed by atoms with Gasteiger partial charge in [-0.15, -0.1) is 0 Å². The molecule has 5 nitrogen and oxygen atoms in total. The minimum Gasteiger partial charge on any atom is -0.647 e. The zero-order valence-corrected chi connectivity index (χ0v) is 18.5. The number of para-hydroxylation sites is 3. The van der Waals surface area contributed by atoms with Gasteiger partial charge in [-0.25, -0.2) is 0 Å². The van der Waals surface area contributed by atoms with Gasteiger partial charge in [0.05, 0.1) is 5.75 Å². The molecular formula is C24H21AlN2O3. The molecule has 0 aliphatic carbocycles. The van der Waals surface area contributed by atoms with Crippen molar-refractivity contribution in [1.29, 1.82) is 0 Å². The molecular weight excluding hydrogens is 391 g/mol. The van der Waals surface area contributed by atoms with Crippen LogP contribution < -0.4 is 3.79 Å². The number of benzene rings is 3. The lowest BCUT2D eigenvalue weighted by atomic mass is 10.2.